The zero-order chi connectivity index (χ0) is 20.7. The van der Waals surface area contributed by atoms with Crippen LogP contribution in [0, 0.1) is 0 Å². The van der Waals surface area contributed by atoms with Crippen LogP contribution >= 0.6 is 0 Å². The largest absolute Gasteiger partial charge is 0.519 e. The highest BCUT2D eigenvalue weighted by molar-refractivity contribution is 5.67. The third kappa shape index (κ3) is 9.65. The Balaban J connectivity index is 1.71. The quantitative estimate of drug-likeness (QED) is 0.196. The molecule has 0 spiro atoms. The molecule has 3 heteroatoms. The fourth-order valence-corrected chi connectivity index (χ4v) is 3.35. The van der Waals surface area contributed by atoms with Gasteiger partial charge < -0.3 is 9.47 Å². The van der Waals surface area contributed by atoms with Crippen molar-refractivity contribution in [1.29, 1.82) is 0 Å². The molecule has 0 aromatic heterocycles. The summed E-state index contributed by atoms with van der Waals surface area (Å²) in [5.74, 6) is 1.02. The van der Waals surface area contributed by atoms with E-state index in [1.54, 1.807) is 0 Å². The van der Waals surface area contributed by atoms with Gasteiger partial charge >= 0.3 is 6.16 Å². The van der Waals surface area contributed by atoms with Crippen molar-refractivity contribution in [1.82, 2.24) is 0 Å². The molecule has 0 aliphatic carbocycles. The summed E-state index contributed by atoms with van der Waals surface area (Å²) in [6.07, 6.45) is 12.8. The van der Waals surface area contributed by atoms with E-state index in [0.717, 1.165) is 12.8 Å². The van der Waals surface area contributed by atoms with E-state index < -0.39 is 6.16 Å². The van der Waals surface area contributed by atoms with Crippen molar-refractivity contribution in [3.63, 3.8) is 0 Å². The molecule has 0 radical (unpaired) electrons. The van der Waals surface area contributed by atoms with Gasteiger partial charge in [-0.1, -0.05) is 83.1 Å². The lowest BCUT2D eigenvalue weighted by Gasteiger charge is -2.07. The van der Waals surface area contributed by atoms with E-state index in [2.05, 4.69) is 13.8 Å². The van der Waals surface area contributed by atoms with Crippen LogP contribution in [0.5, 0.6) is 11.5 Å². The molecule has 0 atom stereocenters. The summed E-state index contributed by atoms with van der Waals surface area (Å²) in [6, 6.07) is 15.4. The van der Waals surface area contributed by atoms with Crippen molar-refractivity contribution in [2.75, 3.05) is 0 Å². The van der Waals surface area contributed by atoms with E-state index in [4.69, 9.17) is 9.47 Å². The molecular weight excluding hydrogens is 360 g/mol. The SMILES string of the molecule is CCCCCCCc1ccc(OC(=O)Oc2ccc(CCCCCC)cc2)cc1. The van der Waals surface area contributed by atoms with E-state index in [1.807, 2.05) is 48.5 Å². The Kier molecular flexibility index (Phi) is 11.0. The van der Waals surface area contributed by atoms with Crippen LogP contribution in [0.4, 0.5) is 4.79 Å². The Bertz CT molecular complexity index is 689. The zero-order valence-electron chi connectivity index (χ0n) is 18.1. The van der Waals surface area contributed by atoms with Crippen LogP contribution in [0.3, 0.4) is 0 Å². The number of carbonyl (C=O) groups excluding carboxylic acids is 1. The fraction of sp³-hybridized carbons (Fsp3) is 0.500. The van der Waals surface area contributed by atoms with Crippen molar-refractivity contribution >= 4 is 6.16 Å². The van der Waals surface area contributed by atoms with Crippen LogP contribution in [0.2, 0.25) is 0 Å². The third-order valence-corrected chi connectivity index (χ3v) is 5.14. The summed E-state index contributed by atoms with van der Waals surface area (Å²) in [4.78, 5) is 12.0. The van der Waals surface area contributed by atoms with Gasteiger partial charge in [0.25, 0.3) is 0 Å². The molecule has 0 bridgehead atoms. The highest BCUT2D eigenvalue weighted by Gasteiger charge is 2.08. The number of aryl methyl sites for hydroxylation is 2. The van der Waals surface area contributed by atoms with Crippen LogP contribution in [0.25, 0.3) is 0 Å². The molecule has 0 N–H and O–H groups in total. The van der Waals surface area contributed by atoms with E-state index in [1.165, 1.54) is 68.9 Å². The first-order valence-electron chi connectivity index (χ1n) is 11.3. The lowest BCUT2D eigenvalue weighted by atomic mass is 10.1. The van der Waals surface area contributed by atoms with Crippen molar-refractivity contribution in [3.8, 4) is 11.5 Å². The Hall–Kier alpha value is -2.29. The van der Waals surface area contributed by atoms with Gasteiger partial charge in [0.2, 0.25) is 0 Å². The van der Waals surface area contributed by atoms with Gasteiger partial charge in [0.1, 0.15) is 11.5 Å². The van der Waals surface area contributed by atoms with Crippen LogP contribution in [-0.2, 0) is 12.8 Å². The minimum atomic E-state index is -0.701. The number of benzene rings is 2. The summed E-state index contributed by atoms with van der Waals surface area (Å²) in [7, 11) is 0. The van der Waals surface area contributed by atoms with Crippen LogP contribution in [0.1, 0.15) is 82.8 Å². The molecule has 2 rings (SSSR count). The Morgan fingerprint density at radius 3 is 1.38 bits per heavy atom. The highest BCUT2D eigenvalue weighted by atomic mass is 16.7. The maximum atomic E-state index is 12.0. The standard InChI is InChI=1S/C26H36O3/c1-3-5-7-9-11-13-23-16-20-25(21-17-23)29-26(27)28-24-18-14-22(15-19-24)12-10-8-6-4-2/h14-21H,3-13H2,1-2H3. The second-order valence-electron chi connectivity index (χ2n) is 7.72. The Morgan fingerprint density at radius 2 is 0.966 bits per heavy atom. The minimum Gasteiger partial charge on any atom is -0.395 e. The summed E-state index contributed by atoms with van der Waals surface area (Å²) in [6.45, 7) is 4.45. The normalized spacial score (nSPS) is 10.7. The average molecular weight is 397 g/mol. The summed E-state index contributed by atoms with van der Waals surface area (Å²) in [5.41, 5.74) is 2.55. The lowest BCUT2D eigenvalue weighted by molar-refractivity contribution is 0.152. The number of unbranched alkanes of at least 4 members (excludes halogenated alkanes) is 7. The van der Waals surface area contributed by atoms with Gasteiger partial charge in [-0.3, -0.25) is 0 Å². The third-order valence-electron chi connectivity index (χ3n) is 5.14. The molecule has 29 heavy (non-hydrogen) atoms. The van der Waals surface area contributed by atoms with Crippen molar-refractivity contribution in [2.45, 2.75) is 84.5 Å². The fourth-order valence-electron chi connectivity index (χ4n) is 3.35. The van der Waals surface area contributed by atoms with Gasteiger partial charge in [0, 0.05) is 0 Å². The van der Waals surface area contributed by atoms with Gasteiger partial charge in [0.05, 0.1) is 0 Å². The van der Waals surface area contributed by atoms with E-state index in [-0.39, 0.29) is 0 Å². The molecule has 2 aromatic rings. The lowest BCUT2D eigenvalue weighted by Crippen LogP contribution is -2.13. The van der Waals surface area contributed by atoms with Gasteiger partial charge in [-0.25, -0.2) is 4.79 Å². The Labute approximate surface area is 176 Å². The molecule has 2 aromatic carbocycles. The average Bonchev–Trinajstić information content (AvgIpc) is 2.73. The highest BCUT2D eigenvalue weighted by Crippen LogP contribution is 2.18. The number of rotatable bonds is 13. The number of carbonyl (C=O) groups is 1. The molecule has 0 heterocycles. The number of ether oxygens (including phenoxy) is 2. The predicted molar refractivity (Wildman–Crippen MR) is 120 cm³/mol. The first-order valence-corrected chi connectivity index (χ1v) is 11.3. The molecule has 0 fully saturated rings. The topological polar surface area (TPSA) is 35.5 Å². The maximum absolute atomic E-state index is 12.0. The molecule has 0 aliphatic rings. The first kappa shape index (κ1) is 23.0. The maximum Gasteiger partial charge on any atom is 0.519 e. The molecule has 0 aliphatic heterocycles. The smallest absolute Gasteiger partial charge is 0.395 e. The molecular formula is C26H36O3. The van der Waals surface area contributed by atoms with Crippen molar-refractivity contribution in [2.24, 2.45) is 0 Å². The van der Waals surface area contributed by atoms with Crippen LogP contribution < -0.4 is 9.47 Å². The van der Waals surface area contributed by atoms with Crippen LogP contribution in [0.15, 0.2) is 48.5 Å². The second-order valence-corrected chi connectivity index (χ2v) is 7.72. The molecule has 3 nitrogen and oxygen atoms in total. The summed E-state index contributed by atoms with van der Waals surface area (Å²) >= 11 is 0. The first-order chi connectivity index (χ1) is 14.2. The van der Waals surface area contributed by atoms with Crippen molar-refractivity contribution < 1.29 is 14.3 Å². The zero-order valence-corrected chi connectivity index (χ0v) is 18.1. The van der Waals surface area contributed by atoms with Crippen LogP contribution in [-0.4, -0.2) is 6.16 Å². The number of hydrogen-bond donors (Lipinski definition) is 0. The monoisotopic (exact) mass is 396 g/mol. The van der Waals surface area contributed by atoms with E-state index in [0.29, 0.717) is 11.5 Å². The van der Waals surface area contributed by atoms with Gasteiger partial charge in [0.15, 0.2) is 0 Å². The predicted octanol–water partition coefficient (Wildman–Crippen LogP) is 7.90. The summed E-state index contributed by atoms with van der Waals surface area (Å²) in [5, 5.41) is 0. The number of hydrogen-bond acceptors (Lipinski definition) is 3. The molecule has 0 unspecified atom stereocenters. The summed E-state index contributed by atoms with van der Waals surface area (Å²) < 4.78 is 10.6. The van der Waals surface area contributed by atoms with Gasteiger partial charge in [-0.2, -0.15) is 0 Å². The van der Waals surface area contributed by atoms with E-state index in [9.17, 15) is 4.79 Å². The molecule has 0 amide bonds. The minimum absolute atomic E-state index is 0.510. The van der Waals surface area contributed by atoms with E-state index >= 15 is 0 Å². The molecule has 0 saturated heterocycles. The molecule has 158 valence electrons. The van der Waals surface area contributed by atoms with Crippen molar-refractivity contribution in [3.05, 3.63) is 59.7 Å². The van der Waals surface area contributed by atoms with Gasteiger partial charge in [-0.15, -0.1) is 0 Å². The Morgan fingerprint density at radius 1 is 0.586 bits per heavy atom. The second kappa shape index (κ2) is 13.8. The van der Waals surface area contributed by atoms with Gasteiger partial charge in [-0.05, 0) is 61.1 Å². The molecule has 0 saturated carbocycles.